The molecule has 1 saturated heterocycles. The van der Waals surface area contributed by atoms with Gasteiger partial charge in [0.05, 0.1) is 18.4 Å². The number of carbonyl (C=O) groups is 2. The lowest BCUT2D eigenvalue weighted by Crippen LogP contribution is -2.43. The highest BCUT2D eigenvalue weighted by atomic mass is 16.5. The SMILES string of the molecule is C=C(CNc1nc(Nc2ccc(C(=O)NC3CCN(C)CC3)cc2OC)ncc1C(C)=O)CC(C)(C)C. The van der Waals surface area contributed by atoms with E-state index in [1.54, 1.807) is 25.3 Å². The number of nitrogens with zero attached hydrogens (tertiary/aromatic N) is 3. The van der Waals surface area contributed by atoms with E-state index in [0.29, 0.717) is 40.9 Å². The molecule has 1 aromatic heterocycles. The summed E-state index contributed by atoms with van der Waals surface area (Å²) in [6.45, 7) is 14.5. The van der Waals surface area contributed by atoms with E-state index in [1.807, 2.05) is 0 Å². The number of aromatic nitrogens is 2. The van der Waals surface area contributed by atoms with E-state index < -0.39 is 0 Å². The molecule has 2 heterocycles. The Balaban J connectivity index is 1.73. The summed E-state index contributed by atoms with van der Waals surface area (Å²) in [7, 11) is 3.64. The predicted molar refractivity (Wildman–Crippen MR) is 148 cm³/mol. The molecule has 0 aliphatic carbocycles. The van der Waals surface area contributed by atoms with E-state index in [9.17, 15) is 9.59 Å². The van der Waals surface area contributed by atoms with Gasteiger partial charge in [-0.25, -0.2) is 4.98 Å². The number of Topliss-reactive ketones (excluding diaryl/α,β-unsaturated/α-hetero) is 1. The quantitative estimate of drug-likeness (QED) is 0.314. The standard InChI is InChI=1S/C28H40N6O3/c1-18(15-28(3,4)5)16-29-25-22(19(2)35)17-30-27(33-25)32-23-9-8-20(14-24(23)37-7)26(36)31-21-10-12-34(6)13-11-21/h8-9,14,17,21H,1,10-13,15-16H2,2-7H3,(H,31,36)(H2,29,30,32,33). The number of hydrogen-bond acceptors (Lipinski definition) is 8. The van der Waals surface area contributed by atoms with E-state index in [-0.39, 0.29) is 23.1 Å². The van der Waals surface area contributed by atoms with Gasteiger partial charge in [0.2, 0.25) is 5.95 Å². The average molecular weight is 509 g/mol. The molecule has 0 saturated carbocycles. The number of likely N-dealkylation sites (tertiary alicyclic amines) is 1. The number of nitrogens with one attached hydrogen (secondary N) is 3. The van der Waals surface area contributed by atoms with E-state index in [4.69, 9.17) is 4.74 Å². The van der Waals surface area contributed by atoms with Crippen LogP contribution in [0.1, 0.15) is 67.7 Å². The fourth-order valence-electron chi connectivity index (χ4n) is 4.33. The molecular weight excluding hydrogens is 468 g/mol. The lowest BCUT2D eigenvalue weighted by Gasteiger charge is -2.29. The van der Waals surface area contributed by atoms with Crippen LogP contribution < -0.4 is 20.7 Å². The molecule has 3 rings (SSSR count). The minimum atomic E-state index is -0.131. The molecule has 1 aromatic carbocycles. The zero-order valence-electron chi connectivity index (χ0n) is 22.9. The number of carbonyl (C=O) groups excluding carboxylic acids is 2. The first kappa shape index (κ1) is 28.1. The van der Waals surface area contributed by atoms with Crippen molar-refractivity contribution in [2.45, 2.75) is 53.0 Å². The Hall–Kier alpha value is -3.46. The predicted octanol–water partition coefficient (Wildman–Crippen LogP) is 4.66. The first-order chi connectivity index (χ1) is 17.4. The van der Waals surface area contributed by atoms with Gasteiger partial charge in [-0.15, -0.1) is 0 Å². The molecule has 1 aliphatic rings. The maximum Gasteiger partial charge on any atom is 0.251 e. The normalized spacial score (nSPS) is 14.6. The zero-order valence-corrected chi connectivity index (χ0v) is 22.9. The van der Waals surface area contributed by atoms with E-state index in [1.165, 1.54) is 13.1 Å². The topological polar surface area (TPSA) is 108 Å². The first-order valence-corrected chi connectivity index (χ1v) is 12.7. The van der Waals surface area contributed by atoms with Crippen molar-refractivity contribution in [1.82, 2.24) is 20.2 Å². The Morgan fingerprint density at radius 3 is 2.54 bits per heavy atom. The molecule has 0 radical (unpaired) electrons. The maximum absolute atomic E-state index is 12.8. The second kappa shape index (κ2) is 12.2. The molecule has 9 heteroatoms. The summed E-state index contributed by atoms with van der Waals surface area (Å²) in [6, 6.07) is 5.38. The summed E-state index contributed by atoms with van der Waals surface area (Å²) in [6.07, 6.45) is 4.22. The second-order valence-electron chi connectivity index (χ2n) is 10.9. The molecule has 1 aliphatic heterocycles. The number of ether oxygens (including phenoxy) is 1. The van der Waals surface area contributed by atoms with Gasteiger partial charge in [-0.05, 0) is 69.9 Å². The van der Waals surface area contributed by atoms with Crippen molar-refractivity contribution in [2.24, 2.45) is 5.41 Å². The average Bonchev–Trinajstić information content (AvgIpc) is 2.83. The van der Waals surface area contributed by atoms with Crippen LogP contribution >= 0.6 is 0 Å². The fraction of sp³-hybridized carbons (Fsp3) is 0.500. The van der Waals surface area contributed by atoms with Gasteiger partial charge >= 0.3 is 0 Å². The molecule has 37 heavy (non-hydrogen) atoms. The Kier molecular flexibility index (Phi) is 9.26. The summed E-state index contributed by atoms with van der Waals surface area (Å²) >= 11 is 0. The molecule has 200 valence electrons. The fourth-order valence-corrected chi connectivity index (χ4v) is 4.33. The molecule has 0 bridgehead atoms. The third kappa shape index (κ3) is 8.28. The highest BCUT2D eigenvalue weighted by Crippen LogP contribution is 2.29. The van der Waals surface area contributed by atoms with Crippen LogP contribution in [-0.2, 0) is 0 Å². The number of rotatable bonds is 10. The van der Waals surface area contributed by atoms with Crippen molar-refractivity contribution in [3.05, 3.63) is 47.7 Å². The van der Waals surface area contributed by atoms with Crippen LogP contribution in [0.3, 0.4) is 0 Å². The van der Waals surface area contributed by atoms with Crippen LogP contribution in [0.2, 0.25) is 0 Å². The van der Waals surface area contributed by atoms with Crippen molar-refractivity contribution in [3.63, 3.8) is 0 Å². The summed E-state index contributed by atoms with van der Waals surface area (Å²) in [5.74, 6) is 0.976. The van der Waals surface area contributed by atoms with E-state index in [2.05, 4.69) is 65.2 Å². The van der Waals surface area contributed by atoms with Gasteiger partial charge in [0.15, 0.2) is 5.78 Å². The minimum Gasteiger partial charge on any atom is -0.495 e. The highest BCUT2D eigenvalue weighted by molar-refractivity contribution is 5.98. The number of piperidine rings is 1. The van der Waals surface area contributed by atoms with Crippen molar-refractivity contribution in [3.8, 4) is 5.75 Å². The zero-order chi connectivity index (χ0) is 27.2. The Morgan fingerprint density at radius 2 is 1.92 bits per heavy atom. The van der Waals surface area contributed by atoms with Gasteiger partial charge in [0.1, 0.15) is 11.6 Å². The van der Waals surface area contributed by atoms with Crippen LogP contribution in [0.25, 0.3) is 0 Å². The summed E-state index contributed by atoms with van der Waals surface area (Å²) < 4.78 is 5.54. The van der Waals surface area contributed by atoms with Gasteiger partial charge in [0.25, 0.3) is 5.91 Å². The van der Waals surface area contributed by atoms with Crippen molar-refractivity contribution >= 4 is 29.1 Å². The molecule has 2 aromatic rings. The second-order valence-corrected chi connectivity index (χ2v) is 10.9. The van der Waals surface area contributed by atoms with Gasteiger partial charge in [-0.3, -0.25) is 9.59 Å². The number of amides is 1. The number of methoxy groups -OCH3 is 1. The Labute approximate surface area is 220 Å². The minimum absolute atomic E-state index is 0.118. The van der Waals surface area contributed by atoms with Crippen LogP contribution in [0.15, 0.2) is 36.5 Å². The third-order valence-electron chi connectivity index (χ3n) is 6.22. The van der Waals surface area contributed by atoms with Crippen molar-refractivity contribution in [2.75, 3.05) is 44.4 Å². The lowest BCUT2D eigenvalue weighted by molar-refractivity contribution is 0.0916. The Bertz CT molecular complexity index is 1130. The first-order valence-electron chi connectivity index (χ1n) is 12.7. The molecule has 0 atom stereocenters. The summed E-state index contributed by atoms with van der Waals surface area (Å²) in [5, 5.41) is 9.51. The van der Waals surface area contributed by atoms with E-state index >= 15 is 0 Å². The van der Waals surface area contributed by atoms with Crippen LogP contribution in [0.4, 0.5) is 17.5 Å². The van der Waals surface area contributed by atoms with Gasteiger partial charge in [0, 0.05) is 24.3 Å². The molecule has 9 nitrogen and oxygen atoms in total. The Morgan fingerprint density at radius 1 is 1.22 bits per heavy atom. The van der Waals surface area contributed by atoms with Crippen LogP contribution in [-0.4, -0.2) is 66.4 Å². The van der Waals surface area contributed by atoms with Gasteiger partial charge in [-0.1, -0.05) is 32.9 Å². The van der Waals surface area contributed by atoms with Crippen LogP contribution in [0.5, 0.6) is 5.75 Å². The summed E-state index contributed by atoms with van der Waals surface area (Å²) in [4.78, 5) is 36.1. The monoisotopic (exact) mass is 508 g/mol. The number of benzene rings is 1. The smallest absolute Gasteiger partial charge is 0.251 e. The van der Waals surface area contributed by atoms with E-state index in [0.717, 1.165) is 37.9 Å². The maximum atomic E-state index is 12.8. The largest absolute Gasteiger partial charge is 0.495 e. The lowest BCUT2D eigenvalue weighted by atomic mass is 9.88. The molecule has 1 fully saturated rings. The third-order valence-corrected chi connectivity index (χ3v) is 6.22. The number of anilines is 3. The number of ketones is 1. The molecule has 0 unspecified atom stereocenters. The summed E-state index contributed by atoms with van der Waals surface area (Å²) in [5.41, 5.74) is 2.67. The van der Waals surface area contributed by atoms with Gasteiger partial charge < -0.3 is 25.6 Å². The van der Waals surface area contributed by atoms with Gasteiger partial charge in [-0.2, -0.15) is 4.98 Å². The molecule has 3 N–H and O–H groups in total. The molecule has 0 spiro atoms. The molecular formula is C28H40N6O3. The number of hydrogen-bond donors (Lipinski definition) is 3. The molecule has 1 amide bonds. The van der Waals surface area contributed by atoms with Crippen molar-refractivity contribution < 1.29 is 14.3 Å². The highest BCUT2D eigenvalue weighted by Gasteiger charge is 2.20. The van der Waals surface area contributed by atoms with Crippen molar-refractivity contribution in [1.29, 1.82) is 0 Å². The van der Waals surface area contributed by atoms with Crippen LogP contribution in [0, 0.1) is 5.41 Å².